The molecule has 18 heavy (non-hydrogen) atoms. The first-order valence-electron chi connectivity index (χ1n) is 5.27. The average molecular weight is 338 g/mol. The normalized spacial score (nSPS) is 12.7. The van der Waals surface area contributed by atoms with Crippen molar-refractivity contribution in [3.63, 3.8) is 0 Å². The molecule has 0 radical (unpaired) electrons. The fourth-order valence-electron chi connectivity index (χ4n) is 1.26. The van der Waals surface area contributed by atoms with Crippen LogP contribution in [0.15, 0.2) is 29.2 Å². The van der Waals surface area contributed by atoms with Crippen molar-refractivity contribution < 1.29 is 18.6 Å². The Bertz CT molecular complexity index is 482. The second-order valence-electron chi connectivity index (χ2n) is 4.26. The fourth-order valence-corrected chi connectivity index (χ4v) is 3.02. The molecule has 7 heteroatoms. The smallest absolute Gasteiger partial charge is 0.241 e. The summed E-state index contributed by atoms with van der Waals surface area (Å²) < 4.78 is 26.3. The summed E-state index contributed by atoms with van der Waals surface area (Å²) in [6.07, 6.45) is 0. The van der Waals surface area contributed by atoms with E-state index in [4.69, 9.17) is 10.2 Å². The van der Waals surface area contributed by atoms with E-state index in [0.29, 0.717) is 5.33 Å². The van der Waals surface area contributed by atoms with E-state index in [2.05, 4.69) is 20.7 Å². The predicted octanol–water partition coefficient (Wildman–Crippen LogP) is 0.603. The van der Waals surface area contributed by atoms with E-state index in [1.54, 1.807) is 12.1 Å². The summed E-state index contributed by atoms with van der Waals surface area (Å²) in [5.41, 5.74) is -0.312. The molecule has 5 nitrogen and oxygen atoms in total. The maximum atomic E-state index is 12.0. The lowest BCUT2D eigenvalue weighted by Crippen LogP contribution is -2.51. The molecule has 3 N–H and O–H groups in total. The van der Waals surface area contributed by atoms with Crippen LogP contribution in [0.3, 0.4) is 0 Å². The van der Waals surface area contributed by atoms with E-state index in [1.165, 1.54) is 19.1 Å². The molecule has 0 aliphatic carbocycles. The summed E-state index contributed by atoms with van der Waals surface area (Å²) in [6, 6.07) is 6.35. The number of hydrogen-bond donors (Lipinski definition) is 3. The molecule has 1 rings (SSSR count). The summed E-state index contributed by atoms with van der Waals surface area (Å²) in [4.78, 5) is 0.0975. The van der Waals surface area contributed by atoms with Gasteiger partial charge < -0.3 is 10.2 Å². The Labute approximate surface area is 115 Å². The van der Waals surface area contributed by atoms with Crippen LogP contribution in [0.4, 0.5) is 0 Å². The summed E-state index contributed by atoms with van der Waals surface area (Å²) in [5, 5.41) is 18.8. The zero-order valence-electron chi connectivity index (χ0n) is 9.93. The van der Waals surface area contributed by atoms with Crippen molar-refractivity contribution in [1.82, 2.24) is 4.72 Å². The minimum Gasteiger partial charge on any atom is -0.394 e. The van der Waals surface area contributed by atoms with E-state index in [0.717, 1.165) is 5.56 Å². The van der Waals surface area contributed by atoms with Crippen LogP contribution in [0.5, 0.6) is 0 Å². The highest BCUT2D eigenvalue weighted by Gasteiger charge is 2.29. The van der Waals surface area contributed by atoms with Gasteiger partial charge in [0.25, 0.3) is 0 Å². The van der Waals surface area contributed by atoms with Crippen molar-refractivity contribution in [3.8, 4) is 0 Å². The fraction of sp³-hybridized carbons (Fsp3) is 0.455. The maximum absolute atomic E-state index is 12.0. The van der Waals surface area contributed by atoms with Gasteiger partial charge in [0, 0.05) is 5.33 Å². The van der Waals surface area contributed by atoms with Crippen molar-refractivity contribution in [3.05, 3.63) is 29.8 Å². The van der Waals surface area contributed by atoms with E-state index >= 15 is 0 Å². The standard InChI is InChI=1S/C11H16BrNO4S/c1-11(7-14,8-15)13-18(16,17)10-4-2-9(6-12)3-5-10/h2-5,13-15H,6-8H2,1H3. The average Bonchev–Trinajstić information content (AvgIpc) is 2.38. The molecule has 0 fully saturated rings. The van der Waals surface area contributed by atoms with Gasteiger partial charge in [-0.3, -0.25) is 0 Å². The maximum Gasteiger partial charge on any atom is 0.241 e. The van der Waals surface area contributed by atoms with Crippen molar-refractivity contribution in [2.75, 3.05) is 13.2 Å². The van der Waals surface area contributed by atoms with Crippen LogP contribution in [0.2, 0.25) is 0 Å². The summed E-state index contributed by atoms with van der Waals surface area (Å²) in [7, 11) is -3.75. The van der Waals surface area contributed by atoms with E-state index in [9.17, 15) is 8.42 Å². The van der Waals surface area contributed by atoms with Crippen molar-refractivity contribution in [2.24, 2.45) is 0 Å². The second kappa shape index (κ2) is 6.12. The van der Waals surface area contributed by atoms with Crippen LogP contribution in [-0.4, -0.2) is 37.4 Å². The highest BCUT2D eigenvalue weighted by atomic mass is 79.9. The Morgan fingerprint density at radius 1 is 1.22 bits per heavy atom. The summed E-state index contributed by atoms with van der Waals surface area (Å²) >= 11 is 3.27. The number of alkyl halides is 1. The Balaban J connectivity index is 2.99. The van der Waals surface area contributed by atoms with E-state index in [-0.39, 0.29) is 4.90 Å². The number of hydrogen-bond acceptors (Lipinski definition) is 4. The molecular formula is C11H16BrNO4S. The van der Waals surface area contributed by atoms with Gasteiger partial charge in [-0.15, -0.1) is 0 Å². The number of aliphatic hydroxyl groups is 2. The van der Waals surface area contributed by atoms with E-state index in [1.807, 2.05) is 0 Å². The molecule has 0 heterocycles. The Morgan fingerprint density at radius 2 is 1.72 bits per heavy atom. The Kier molecular flexibility index (Phi) is 5.30. The molecule has 0 spiro atoms. The van der Waals surface area contributed by atoms with Gasteiger partial charge in [-0.2, -0.15) is 0 Å². The molecule has 1 aromatic carbocycles. The number of rotatable bonds is 6. The summed E-state index contributed by atoms with van der Waals surface area (Å²) in [5.74, 6) is 0. The lowest BCUT2D eigenvalue weighted by atomic mass is 10.1. The molecule has 0 bridgehead atoms. The third kappa shape index (κ3) is 3.76. The first-order chi connectivity index (χ1) is 8.37. The molecule has 0 aliphatic heterocycles. The minimum absolute atomic E-state index is 0.0975. The number of nitrogens with one attached hydrogen (secondary N) is 1. The Morgan fingerprint density at radius 3 is 2.11 bits per heavy atom. The van der Waals surface area contributed by atoms with Gasteiger partial charge in [-0.25, -0.2) is 13.1 Å². The molecular weight excluding hydrogens is 322 g/mol. The third-order valence-electron chi connectivity index (χ3n) is 2.47. The largest absolute Gasteiger partial charge is 0.394 e. The lowest BCUT2D eigenvalue weighted by molar-refractivity contribution is 0.122. The number of sulfonamides is 1. The SMILES string of the molecule is CC(CO)(CO)NS(=O)(=O)c1ccc(CBr)cc1. The van der Waals surface area contributed by atoms with Crippen LogP contribution in [0.1, 0.15) is 12.5 Å². The van der Waals surface area contributed by atoms with Crippen molar-refractivity contribution >= 4 is 26.0 Å². The molecule has 0 saturated heterocycles. The highest BCUT2D eigenvalue weighted by molar-refractivity contribution is 9.08. The molecule has 0 aliphatic rings. The van der Waals surface area contributed by atoms with Gasteiger partial charge in [0.1, 0.15) is 0 Å². The lowest BCUT2D eigenvalue weighted by Gasteiger charge is -2.25. The van der Waals surface area contributed by atoms with Gasteiger partial charge in [0.05, 0.1) is 23.6 Å². The van der Waals surface area contributed by atoms with Gasteiger partial charge in [0.15, 0.2) is 0 Å². The van der Waals surface area contributed by atoms with Crippen molar-refractivity contribution in [2.45, 2.75) is 22.7 Å². The van der Waals surface area contributed by atoms with Gasteiger partial charge in [0.2, 0.25) is 10.0 Å². The molecule has 0 saturated carbocycles. The second-order valence-corrected chi connectivity index (χ2v) is 6.50. The first kappa shape index (κ1) is 15.6. The molecule has 0 unspecified atom stereocenters. The van der Waals surface area contributed by atoms with Gasteiger partial charge >= 0.3 is 0 Å². The predicted molar refractivity (Wildman–Crippen MR) is 72.0 cm³/mol. The number of aliphatic hydroxyl groups excluding tert-OH is 2. The van der Waals surface area contributed by atoms with Crippen LogP contribution in [0, 0.1) is 0 Å². The molecule has 0 atom stereocenters. The van der Waals surface area contributed by atoms with Crippen LogP contribution in [-0.2, 0) is 15.4 Å². The van der Waals surface area contributed by atoms with Gasteiger partial charge in [-0.1, -0.05) is 28.1 Å². The monoisotopic (exact) mass is 337 g/mol. The topological polar surface area (TPSA) is 86.6 Å². The van der Waals surface area contributed by atoms with Crippen LogP contribution in [0.25, 0.3) is 0 Å². The third-order valence-corrected chi connectivity index (χ3v) is 4.77. The zero-order valence-corrected chi connectivity index (χ0v) is 12.3. The molecule has 0 amide bonds. The summed E-state index contributed by atoms with van der Waals surface area (Å²) in [6.45, 7) is 0.460. The number of benzene rings is 1. The van der Waals surface area contributed by atoms with Crippen LogP contribution < -0.4 is 4.72 Å². The molecule has 1 aromatic rings. The molecule has 0 aromatic heterocycles. The minimum atomic E-state index is -3.75. The quantitative estimate of drug-likeness (QED) is 0.663. The van der Waals surface area contributed by atoms with Crippen LogP contribution >= 0.6 is 15.9 Å². The van der Waals surface area contributed by atoms with Gasteiger partial charge in [-0.05, 0) is 24.6 Å². The van der Waals surface area contributed by atoms with Crippen molar-refractivity contribution in [1.29, 1.82) is 0 Å². The zero-order chi connectivity index (χ0) is 13.8. The molecule has 102 valence electrons. The highest BCUT2D eigenvalue weighted by Crippen LogP contribution is 2.15. The first-order valence-corrected chi connectivity index (χ1v) is 7.88. The number of halogens is 1. The Hall–Kier alpha value is -0.470. The van der Waals surface area contributed by atoms with E-state index < -0.39 is 28.8 Å².